The number of methoxy groups -OCH3 is 1. The Morgan fingerprint density at radius 1 is 1.14 bits per heavy atom. The molecule has 1 aliphatic heterocycles. The molecule has 2 aromatic heterocycles. The fourth-order valence-electron chi connectivity index (χ4n) is 5.38. The number of benzene rings is 2. The summed E-state index contributed by atoms with van der Waals surface area (Å²) in [4.78, 5) is 19.8. The first-order chi connectivity index (χ1) is 21.1. The molecule has 44 heavy (non-hydrogen) atoms. The fraction of sp³-hybridized carbons (Fsp3) is 0.323. The Hall–Kier alpha value is -4.67. The minimum atomic E-state index is -4.56. The molecule has 1 unspecified atom stereocenters. The largest absolute Gasteiger partial charge is 0.406 e. The summed E-state index contributed by atoms with van der Waals surface area (Å²) in [5.74, 6) is -0.0799. The number of aryl methyl sites for hydroxylation is 1. The SMILES string of the molecule is COCC(NCc1cc(F)c2c(c1)C(=O)N(c1cc(-c3ccc(C#N)cc3-c3nncn3C)cc(C3CC3)n1)C2)C(F)(F)F. The predicted molar refractivity (Wildman–Crippen MR) is 152 cm³/mol. The zero-order chi connectivity index (χ0) is 31.2. The minimum absolute atomic E-state index is 0.0768. The lowest BCUT2D eigenvalue weighted by Gasteiger charge is -2.21. The summed E-state index contributed by atoms with van der Waals surface area (Å²) < 4.78 is 61.6. The van der Waals surface area contributed by atoms with Crippen molar-refractivity contribution in [2.45, 2.75) is 44.1 Å². The molecule has 2 aromatic carbocycles. The Morgan fingerprint density at radius 3 is 2.59 bits per heavy atom. The first-order valence-corrected chi connectivity index (χ1v) is 13.9. The van der Waals surface area contributed by atoms with E-state index in [0.29, 0.717) is 22.8 Å². The molecule has 1 saturated carbocycles. The van der Waals surface area contributed by atoms with Gasteiger partial charge in [-0.1, -0.05) is 6.07 Å². The standard InChI is InChI=1S/C31H27F4N7O2/c1-41-16-38-40-29(41)22-7-17(12-36)3-6-21(22)20-10-26(19-4-5-19)39-28(11-20)42-14-24-23(30(42)43)8-18(9-25(24)32)13-37-27(15-44-2)31(33,34)35/h3,6-11,16,19,27,37H,4-5,13-15H2,1-2H3. The second kappa shape index (κ2) is 11.4. The highest BCUT2D eigenvalue weighted by atomic mass is 19.4. The van der Waals surface area contributed by atoms with Crippen LogP contribution in [-0.4, -0.2) is 51.6 Å². The predicted octanol–water partition coefficient (Wildman–Crippen LogP) is 5.26. The molecular weight excluding hydrogens is 578 g/mol. The highest BCUT2D eigenvalue weighted by Crippen LogP contribution is 2.43. The van der Waals surface area contributed by atoms with Crippen LogP contribution in [0.25, 0.3) is 22.5 Å². The van der Waals surface area contributed by atoms with Gasteiger partial charge in [0.2, 0.25) is 0 Å². The summed E-state index contributed by atoms with van der Waals surface area (Å²) >= 11 is 0. The molecule has 2 aliphatic rings. The van der Waals surface area contributed by atoms with Gasteiger partial charge in [0.15, 0.2) is 5.82 Å². The molecule has 4 aromatic rings. The van der Waals surface area contributed by atoms with Crippen LogP contribution in [0, 0.1) is 17.1 Å². The van der Waals surface area contributed by atoms with Crippen LogP contribution in [0.1, 0.15) is 51.5 Å². The number of rotatable bonds is 9. The Bertz CT molecular complexity index is 1790. The highest BCUT2D eigenvalue weighted by Gasteiger charge is 2.39. The summed E-state index contributed by atoms with van der Waals surface area (Å²) in [5.41, 5.74) is 3.83. The van der Waals surface area contributed by atoms with E-state index in [2.05, 4.69) is 26.3 Å². The topological polar surface area (TPSA) is 109 Å². The highest BCUT2D eigenvalue weighted by molar-refractivity contribution is 6.10. The van der Waals surface area contributed by atoms with E-state index in [-0.39, 0.29) is 35.7 Å². The zero-order valence-electron chi connectivity index (χ0n) is 23.8. The van der Waals surface area contributed by atoms with Crippen LogP contribution in [0.4, 0.5) is 23.4 Å². The minimum Gasteiger partial charge on any atom is -0.383 e. The van der Waals surface area contributed by atoms with Gasteiger partial charge in [-0.3, -0.25) is 9.69 Å². The number of hydrogen-bond donors (Lipinski definition) is 1. The summed E-state index contributed by atoms with van der Waals surface area (Å²) in [6.45, 7) is -0.993. The van der Waals surface area contributed by atoms with E-state index in [1.165, 1.54) is 18.1 Å². The zero-order valence-corrected chi connectivity index (χ0v) is 23.8. The van der Waals surface area contributed by atoms with Crippen LogP contribution < -0.4 is 10.2 Å². The number of amides is 1. The number of nitrogens with one attached hydrogen (secondary N) is 1. The van der Waals surface area contributed by atoms with Crippen LogP contribution >= 0.6 is 0 Å². The average Bonchev–Trinajstić information content (AvgIpc) is 3.68. The number of halogens is 4. The number of nitrogens with zero attached hydrogens (tertiary/aromatic N) is 6. The molecule has 1 amide bonds. The first-order valence-electron chi connectivity index (χ1n) is 13.9. The van der Waals surface area contributed by atoms with Crippen molar-refractivity contribution in [3.63, 3.8) is 0 Å². The number of alkyl halides is 3. The molecule has 1 N–H and O–H groups in total. The van der Waals surface area contributed by atoms with Gasteiger partial charge in [-0.15, -0.1) is 10.2 Å². The van der Waals surface area contributed by atoms with Gasteiger partial charge in [0, 0.05) is 49.0 Å². The third kappa shape index (κ3) is 5.66. The van der Waals surface area contributed by atoms with E-state index in [4.69, 9.17) is 4.98 Å². The molecule has 1 fully saturated rings. The van der Waals surface area contributed by atoms with Crippen LogP contribution in [0.3, 0.4) is 0 Å². The molecule has 6 rings (SSSR count). The first kappa shape index (κ1) is 29.4. The number of carbonyl (C=O) groups is 1. The molecule has 0 radical (unpaired) electrons. The second-order valence-corrected chi connectivity index (χ2v) is 11.0. The smallest absolute Gasteiger partial charge is 0.383 e. The maximum atomic E-state index is 15.3. The van der Waals surface area contributed by atoms with Gasteiger partial charge in [-0.05, 0) is 65.9 Å². The van der Waals surface area contributed by atoms with E-state index in [9.17, 15) is 23.2 Å². The van der Waals surface area contributed by atoms with Crippen molar-refractivity contribution in [1.29, 1.82) is 5.26 Å². The maximum absolute atomic E-state index is 15.3. The van der Waals surface area contributed by atoms with Crippen molar-refractivity contribution < 1.29 is 27.1 Å². The number of fused-ring (bicyclic) bond motifs is 1. The van der Waals surface area contributed by atoms with Crippen LogP contribution in [-0.2, 0) is 24.9 Å². The molecule has 0 spiro atoms. The molecular formula is C31H27F4N7O2. The normalized spacial score (nSPS) is 15.4. The number of hydrogen-bond acceptors (Lipinski definition) is 7. The number of aromatic nitrogens is 4. The Kier molecular flexibility index (Phi) is 7.65. The van der Waals surface area contributed by atoms with Gasteiger partial charge in [-0.2, -0.15) is 18.4 Å². The summed E-state index contributed by atoms with van der Waals surface area (Å²) in [7, 11) is 2.96. The van der Waals surface area contributed by atoms with Crippen molar-refractivity contribution >= 4 is 11.7 Å². The van der Waals surface area contributed by atoms with Gasteiger partial charge in [0.25, 0.3) is 5.91 Å². The number of anilines is 1. The van der Waals surface area contributed by atoms with E-state index < -0.39 is 30.5 Å². The molecule has 0 bridgehead atoms. The Morgan fingerprint density at radius 2 is 1.93 bits per heavy atom. The van der Waals surface area contributed by atoms with E-state index in [1.807, 2.05) is 12.1 Å². The van der Waals surface area contributed by atoms with Crippen molar-refractivity contribution in [1.82, 2.24) is 25.1 Å². The summed E-state index contributed by atoms with van der Waals surface area (Å²) in [5, 5.41) is 20.1. The number of pyridine rings is 1. The Balaban J connectivity index is 1.35. The average molecular weight is 606 g/mol. The lowest BCUT2D eigenvalue weighted by atomic mass is 9.96. The van der Waals surface area contributed by atoms with E-state index in [0.717, 1.165) is 35.7 Å². The molecule has 1 atom stereocenters. The Labute approximate surface area is 250 Å². The monoisotopic (exact) mass is 605 g/mol. The van der Waals surface area contributed by atoms with Crippen molar-refractivity contribution in [2.24, 2.45) is 7.05 Å². The molecule has 13 heteroatoms. The van der Waals surface area contributed by atoms with Gasteiger partial charge < -0.3 is 14.6 Å². The lowest BCUT2D eigenvalue weighted by Crippen LogP contribution is -2.45. The van der Waals surface area contributed by atoms with Crippen molar-refractivity contribution in [3.05, 3.63) is 82.6 Å². The van der Waals surface area contributed by atoms with E-state index in [1.54, 1.807) is 36.1 Å². The lowest BCUT2D eigenvalue weighted by molar-refractivity contribution is -0.166. The molecule has 9 nitrogen and oxygen atoms in total. The quantitative estimate of drug-likeness (QED) is 0.259. The number of ether oxygens (including phenoxy) is 1. The van der Waals surface area contributed by atoms with Crippen LogP contribution in [0.5, 0.6) is 0 Å². The molecule has 226 valence electrons. The molecule has 3 heterocycles. The maximum Gasteiger partial charge on any atom is 0.406 e. The van der Waals surface area contributed by atoms with Gasteiger partial charge in [0.1, 0.15) is 24.0 Å². The molecule has 0 saturated heterocycles. The van der Waals surface area contributed by atoms with Gasteiger partial charge >= 0.3 is 6.18 Å². The second-order valence-electron chi connectivity index (χ2n) is 11.0. The van der Waals surface area contributed by atoms with Crippen LogP contribution in [0.2, 0.25) is 0 Å². The third-order valence-corrected chi connectivity index (χ3v) is 7.84. The van der Waals surface area contributed by atoms with E-state index >= 15 is 4.39 Å². The number of carbonyl (C=O) groups excluding carboxylic acids is 1. The van der Waals surface area contributed by atoms with Crippen molar-refractivity contribution in [3.8, 4) is 28.6 Å². The van der Waals surface area contributed by atoms with Gasteiger partial charge in [0.05, 0.1) is 24.8 Å². The molecule has 1 aliphatic carbocycles. The van der Waals surface area contributed by atoms with Crippen molar-refractivity contribution in [2.75, 3.05) is 18.6 Å². The summed E-state index contributed by atoms with van der Waals surface area (Å²) in [6, 6.07) is 11.7. The third-order valence-electron chi connectivity index (χ3n) is 7.84. The van der Waals surface area contributed by atoms with Gasteiger partial charge in [-0.25, -0.2) is 9.37 Å². The van der Waals surface area contributed by atoms with Crippen LogP contribution in [0.15, 0.2) is 48.8 Å². The fourth-order valence-corrected chi connectivity index (χ4v) is 5.38. The number of nitriles is 1. The summed E-state index contributed by atoms with van der Waals surface area (Å²) in [6.07, 6.45) is -1.11.